The summed E-state index contributed by atoms with van der Waals surface area (Å²) in [5.41, 5.74) is 2.55. The molecule has 0 bridgehead atoms. The lowest BCUT2D eigenvalue weighted by Crippen LogP contribution is -2.51. The Morgan fingerprint density at radius 2 is 1.62 bits per heavy atom. The molecule has 206 valence electrons. The lowest BCUT2D eigenvalue weighted by Gasteiger charge is -2.37. The molecule has 0 radical (unpaired) electrons. The number of amides is 1. The summed E-state index contributed by atoms with van der Waals surface area (Å²) in [6.07, 6.45) is 3.85. The summed E-state index contributed by atoms with van der Waals surface area (Å²) in [5.74, 6) is -2.39. The third kappa shape index (κ3) is 3.51. The van der Waals surface area contributed by atoms with Gasteiger partial charge in [0, 0.05) is 34.6 Å². The molecule has 1 amide bonds. The van der Waals surface area contributed by atoms with Gasteiger partial charge in [-0.1, -0.05) is 84.9 Å². The zero-order valence-corrected chi connectivity index (χ0v) is 22.6. The smallest absolute Gasteiger partial charge is 0.270 e. The predicted molar refractivity (Wildman–Crippen MR) is 159 cm³/mol. The molecule has 1 spiro atoms. The van der Waals surface area contributed by atoms with Crippen molar-refractivity contribution in [3.63, 3.8) is 0 Å². The van der Waals surface area contributed by atoms with E-state index < -0.39 is 34.1 Å². The Kier molecular flexibility index (Phi) is 5.69. The molecule has 1 fully saturated rings. The van der Waals surface area contributed by atoms with Gasteiger partial charge >= 0.3 is 0 Å². The maximum absolute atomic E-state index is 14.8. The van der Waals surface area contributed by atoms with Crippen molar-refractivity contribution in [2.24, 2.45) is 5.92 Å². The fraction of sp³-hybridized carbons (Fsp3) is 0.147. The average molecular weight is 556 g/mol. The molecule has 0 unspecified atom stereocenters. The van der Waals surface area contributed by atoms with Gasteiger partial charge in [-0.05, 0) is 35.7 Å². The molecule has 1 N–H and O–H groups in total. The van der Waals surface area contributed by atoms with Crippen molar-refractivity contribution in [1.29, 1.82) is 0 Å². The number of nitro benzene ring substituents is 1. The second-order valence-corrected chi connectivity index (χ2v) is 11.0. The number of hydrogen-bond donors (Lipinski definition) is 1. The van der Waals surface area contributed by atoms with Gasteiger partial charge in [0.2, 0.25) is 5.91 Å². The predicted octanol–water partition coefficient (Wildman–Crippen LogP) is 5.76. The van der Waals surface area contributed by atoms with Gasteiger partial charge in [-0.25, -0.2) is 0 Å². The zero-order chi connectivity index (χ0) is 29.2. The molecule has 1 saturated heterocycles. The highest BCUT2D eigenvalue weighted by Gasteiger charge is 2.70. The van der Waals surface area contributed by atoms with Crippen LogP contribution in [0.3, 0.4) is 0 Å². The van der Waals surface area contributed by atoms with Gasteiger partial charge in [0.25, 0.3) is 5.69 Å². The largest absolute Gasteiger partial charge is 0.352 e. The van der Waals surface area contributed by atoms with Crippen molar-refractivity contribution >= 4 is 40.6 Å². The van der Waals surface area contributed by atoms with E-state index in [-0.39, 0.29) is 22.9 Å². The van der Waals surface area contributed by atoms with Gasteiger partial charge in [-0.2, -0.15) is 0 Å². The number of non-ortho nitro benzene ring substituents is 1. The van der Waals surface area contributed by atoms with E-state index >= 15 is 0 Å². The van der Waals surface area contributed by atoms with E-state index in [1.54, 1.807) is 30.3 Å². The third-order valence-corrected chi connectivity index (χ3v) is 8.74. The lowest BCUT2D eigenvalue weighted by molar-refractivity contribution is -0.384. The van der Waals surface area contributed by atoms with E-state index in [9.17, 15) is 24.5 Å². The number of nitrogens with one attached hydrogen (secondary N) is 1. The van der Waals surface area contributed by atoms with Crippen LogP contribution < -0.4 is 10.2 Å². The van der Waals surface area contributed by atoms with Gasteiger partial charge in [-0.15, -0.1) is 0 Å². The number of benzene rings is 4. The van der Waals surface area contributed by atoms with Gasteiger partial charge < -0.3 is 10.2 Å². The van der Waals surface area contributed by atoms with Crippen molar-refractivity contribution < 1.29 is 19.3 Å². The number of nitro groups is 1. The summed E-state index contributed by atoms with van der Waals surface area (Å²) in [6, 6.07) is 25.7. The first kappa shape index (κ1) is 25.6. The zero-order valence-electron chi connectivity index (χ0n) is 22.6. The molecule has 4 aromatic rings. The summed E-state index contributed by atoms with van der Waals surface area (Å²) >= 11 is 0. The van der Waals surface area contributed by atoms with Crippen LogP contribution in [-0.2, 0) is 10.2 Å². The summed E-state index contributed by atoms with van der Waals surface area (Å²) in [4.78, 5) is 56.8. The van der Waals surface area contributed by atoms with Crippen LogP contribution in [0.1, 0.15) is 37.4 Å². The molecule has 4 atom stereocenters. The molecule has 0 aromatic heterocycles. The van der Waals surface area contributed by atoms with Crippen LogP contribution in [-0.4, -0.2) is 34.5 Å². The van der Waals surface area contributed by atoms with Crippen LogP contribution in [0.25, 0.3) is 6.08 Å². The normalized spacial score (nSPS) is 23.2. The first-order valence-electron chi connectivity index (χ1n) is 13.7. The molecular formula is C34H25N3O5. The van der Waals surface area contributed by atoms with Gasteiger partial charge in [0.15, 0.2) is 11.6 Å². The van der Waals surface area contributed by atoms with Crippen LogP contribution in [0, 0.1) is 23.0 Å². The number of nitrogens with zero attached hydrogens (tertiary/aromatic N) is 2. The number of carbonyl (C=O) groups excluding carboxylic acids is 3. The molecule has 0 aliphatic carbocycles. The maximum Gasteiger partial charge on any atom is 0.270 e. The van der Waals surface area contributed by atoms with E-state index in [1.807, 2.05) is 66.4 Å². The van der Waals surface area contributed by atoms with Gasteiger partial charge in [-0.3, -0.25) is 24.5 Å². The Balaban J connectivity index is 1.54. The standard InChI is InChI=1S/C34H25N3O5/c1-20-14-15-21-16-17-28-34(25-12-5-6-13-26(25)35-33(34)40)29(31(38)23-10-7-11-24(19-23)37(41)42)30(36(28)27(21)18-20)32(39)22-8-3-2-4-9-22/h2-19,28-30H,1H3,(H,35,40)/t28-,29-,30+,34+/m1/s1. The van der Waals surface area contributed by atoms with E-state index in [1.165, 1.54) is 24.3 Å². The first-order valence-corrected chi connectivity index (χ1v) is 13.7. The van der Waals surface area contributed by atoms with Crippen molar-refractivity contribution in [3.05, 3.63) is 141 Å². The number of hydrogen-bond acceptors (Lipinski definition) is 6. The second kappa shape index (κ2) is 9.34. The summed E-state index contributed by atoms with van der Waals surface area (Å²) < 4.78 is 0. The van der Waals surface area contributed by atoms with Crippen LogP contribution >= 0.6 is 0 Å². The van der Waals surface area contributed by atoms with E-state index in [0.717, 1.165) is 16.8 Å². The Morgan fingerprint density at radius 3 is 2.40 bits per heavy atom. The summed E-state index contributed by atoms with van der Waals surface area (Å²) in [6.45, 7) is 1.96. The summed E-state index contributed by atoms with van der Waals surface area (Å²) in [7, 11) is 0. The molecule has 7 rings (SSSR count). The van der Waals surface area contributed by atoms with Crippen molar-refractivity contribution in [3.8, 4) is 0 Å². The monoisotopic (exact) mass is 555 g/mol. The Morgan fingerprint density at radius 1 is 0.881 bits per heavy atom. The van der Waals surface area contributed by atoms with Crippen molar-refractivity contribution in [2.45, 2.75) is 24.4 Å². The number of carbonyl (C=O) groups is 3. The number of anilines is 2. The lowest BCUT2D eigenvalue weighted by atomic mass is 9.64. The maximum atomic E-state index is 14.8. The minimum absolute atomic E-state index is 0.0740. The molecule has 4 aromatic carbocycles. The molecule has 0 saturated carbocycles. The minimum Gasteiger partial charge on any atom is -0.352 e. The molecule has 8 heteroatoms. The Labute approximate surface area is 241 Å². The van der Waals surface area contributed by atoms with Crippen LogP contribution in [0.5, 0.6) is 0 Å². The average Bonchev–Trinajstić information content (AvgIpc) is 3.49. The Hall–Kier alpha value is -5.37. The number of ketones is 2. The molecule has 3 aliphatic rings. The molecular weight excluding hydrogens is 530 g/mol. The fourth-order valence-corrected chi connectivity index (χ4v) is 7.00. The molecule has 3 aliphatic heterocycles. The van der Waals surface area contributed by atoms with E-state index in [4.69, 9.17) is 0 Å². The van der Waals surface area contributed by atoms with Crippen molar-refractivity contribution in [2.75, 3.05) is 10.2 Å². The number of aryl methyl sites for hydroxylation is 1. The second-order valence-electron chi connectivity index (χ2n) is 11.0. The highest BCUT2D eigenvalue weighted by molar-refractivity contribution is 6.18. The quantitative estimate of drug-likeness (QED) is 0.191. The van der Waals surface area contributed by atoms with Crippen LogP contribution in [0.2, 0.25) is 0 Å². The SMILES string of the molecule is Cc1ccc2c(c1)N1[C@H](C(=O)c3ccccc3)[C@H](C(=O)c3cccc([N+](=O)[O-])c3)[C@@]3(C(=O)Nc4ccccc43)[C@H]1C=C2. The highest BCUT2D eigenvalue weighted by atomic mass is 16.6. The molecule has 8 nitrogen and oxygen atoms in total. The number of para-hydroxylation sites is 1. The highest BCUT2D eigenvalue weighted by Crippen LogP contribution is 2.58. The Bertz CT molecular complexity index is 1850. The van der Waals surface area contributed by atoms with Gasteiger partial charge in [0.05, 0.1) is 16.9 Å². The van der Waals surface area contributed by atoms with Crippen LogP contribution in [0.15, 0.2) is 103 Å². The number of fused-ring (bicyclic) bond motifs is 6. The minimum atomic E-state index is -1.48. The van der Waals surface area contributed by atoms with Gasteiger partial charge in [0.1, 0.15) is 11.5 Å². The number of rotatable bonds is 5. The topological polar surface area (TPSA) is 110 Å². The molecule has 42 heavy (non-hydrogen) atoms. The van der Waals surface area contributed by atoms with Crippen LogP contribution in [0.4, 0.5) is 17.1 Å². The first-order chi connectivity index (χ1) is 20.3. The van der Waals surface area contributed by atoms with E-state index in [2.05, 4.69) is 5.32 Å². The molecule has 3 heterocycles. The van der Waals surface area contributed by atoms with E-state index in [0.29, 0.717) is 16.8 Å². The number of Topliss-reactive ketones (excluding diaryl/α,β-unsaturated/α-hetero) is 2. The summed E-state index contributed by atoms with van der Waals surface area (Å²) in [5, 5.41) is 14.6. The van der Waals surface area contributed by atoms with Crippen molar-refractivity contribution in [1.82, 2.24) is 0 Å². The third-order valence-electron chi connectivity index (χ3n) is 8.74. The fourth-order valence-electron chi connectivity index (χ4n) is 7.00.